The van der Waals surface area contributed by atoms with Crippen LogP contribution in [0.1, 0.15) is 43.6 Å². The SMILES string of the molecule is CC(C)(C)[Si](C)(C)O[C@@H](C(=O)[C@H](COCc1ccccc1)OCc1ccccc1)C(O)c1ccc(Cl)cc1. The molecule has 0 amide bonds. The Balaban J connectivity index is 1.88. The molecule has 0 aliphatic heterocycles. The maximum absolute atomic E-state index is 14.1. The summed E-state index contributed by atoms with van der Waals surface area (Å²) in [4.78, 5) is 14.1. The highest BCUT2D eigenvalue weighted by atomic mass is 35.5. The van der Waals surface area contributed by atoms with Crippen molar-refractivity contribution in [3.8, 4) is 0 Å². The van der Waals surface area contributed by atoms with Crippen molar-refractivity contribution in [2.45, 2.75) is 70.4 Å². The Hall–Kier alpha value is -2.32. The van der Waals surface area contributed by atoms with Gasteiger partial charge in [-0.3, -0.25) is 4.79 Å². The van der Waals surface area contributed by atoms with Gasteiger partial charge >= 0.3 is 0 Å². The van der Waals surface area contributed by atoms with Crippen LogP contribution >= 0.6 is 11.6 Å². The Kier molecular flexibility index (Phi) is 10.9. The number of hydrogen-bond donors (Lipinski definition) is 1. The van der Waals surface area contributed by atoms with Gasteiger partial charge in [0, 0.05) is 5.02 Å². The quantitative estimate of drug-likeness (QED) is 0.228. The fourth-order valence-corrected chi connectivity index (χ4v) is 4.99. The van der Waals surface area contributed by atoms with Crippen molar-refractivity contribution in [3.63, 3.8) is 0 Å². The minimum Gasteiger partial charge on any atom is -0.404 e. The summed E-state index contributed by atoms with van der Waals surface area (Å²) in [6, 6.07) is 26.3. The van der Waals surface area contributed by atoms with Gasteiger partial charge in [-0.05, 0) is 47.0 Å². The zero-order valence-electron chi connectivity index (χ0n) is 22.9. The molecule has 204 valence electrons. The van der Waals surface area contributed by atoms with E-state index in [-0.39, 0.29) is 24.0 Å². The number of aliphatic hydroxyl groups excluding tert-OH is 1. The molecule has 3 atom stereocenters. The second-order valence-corrected chi connectivity index (χ2v) is 16.2. The molecule has 0 aromatic heterocycles. The summed E-state index contributed by atoms with van der Waals surface area (Å²) >= 11 is 6.07. The number of rotatable bonds is 13. The molecule has 0 saturated carbocycles. The molecule has 1 unspecified atom stereocenters. The number of hydrogen-bond acceptors (Lipinski definition) is 5. The molecular weight excluding hydrogens is 516 g/mol. The van der Waals surface area contributed by atoms with Crippen molar-refractivity contribution in [3.05, 3.63) is 107 Å². The summed E-state index contributed by atoms with van der Waals surface area (Å²) in [5.41, 5.74) is 2.49. The molecule has 0 radical (unpaired) electrons. The Labute approximate surface area is 232 Å². The predicted molar refractivity (Wildman–Crippen MR) is 155 cm³/mol. The monoisotopic (exact) mass is 554 g/mol. The fraction of sp³-hybridized carbons (Fsp3) is 0.387. The van der Waals surface area contributed by atoms with Crippen LogP contribution in [0.15, 0.2) is 84.9 Å². The molecule has 0 aliphatic rings. The summed E-state index contributed by atoms with van der Waals surface area (Å²) in [5.74, 6) is -0.346. The summed E-state index contributed by atoms with van der Waals surface area (Å²) in [7, 11) is -2.46. The van der Waals surface area contributed by atoms with Gasteiger partial charge in [-0.2, -0.15) is 0 Å². The molecule has 0 bridgehead atoms. The maximum atomic E-state index is 14.1. The van der Waals surface area contributed by atoms with Crippen LogP contribution in [0.3, 0.4) is 0 Å². The van der Waals surface area contributed by atoms with Gasteiger partial charge in [0.1, 0.15) is 18.3 Å². The van der Waals surface area contributed by atoms with Crippen molar-refractivity contribution in [2.75, 3.05) is 6.61 Å². The van der Waals surface area contributed by atoms with Gasteiger partial charge in [0.25, 0.3) is 0 Å². The van der Waals surface area contributed by atoms with Crippen molar-refractivity contribution < 1.29 is 23.8 Å². The van der Waals surface area contributed by atoms with Crippen molar-refractivity contribution >= 4 is 25.7 Å². The molecule has 0 fully saturated rings. The van der Waals surface area contributed by atoms with Gasteiger partial charge in [0.15, 0.2) is 14.1 Å². The Morgan fingerprint density at radius 1 is 0.868 bits per heavy atom. The van der Waals surface area contributed by atoms with Crippen LogP contribution in [0.4, 0.5) is 0 Å². The zero-order chi connectivity index (χ0) is 27.8. The standard InChI is InChI=1S/C31H39ClO5Si/c1-31(2,3)38(4,5)37-30(28(33)25-16-18-26(32)19-17-25)29(34)27(36-21-24-14-10-7-11-15-24)22-35-20-23-12-8-6-9-13-23/h6-19,27-28,30,33H,20-22H2,1-5H3/t27-,28?,30+/m0/s1. The lowest BCUT2D eigenvalue weighted by molar-refractivity contribution is -0.149. The highest BCUT2D eigenvalue weighted by Gasteiger charge is 2.44. The van der Waals surface area contributed by atoms with Gasteiger partial charge in [0.2, 0.25) is 0 Å². The number of Topliss-reactive ketones (excluding diaryl/α,β-unsaturated/α-hetero) is 1. The van der Waals surface area contributed by atoms with E-state index >= 15 is 0 Å². The topological polar surface area (TPSA) is 65.0 Å². The minimum absolute atomic E-state index is 0.0330. The van der Waals surface area contributed by atoms with Crippen LogP contribution in [0.2, 0.25) is 23.2 Å². The molecule has 1 N–H and O–H groups in total. The van der Waals surface area contributed by atoms with Gasteiger partial charge in [-0.15, -0.1) is 0 Å². The molecule has 3 rings (SSSR count). The van der Waals surface area contributed by atoms with Crippen molar-refractivity contribution in [1.29, 1.82) is 0 Å². The number of ether oxygens (including phenoxy) is 2. The lowest BCUT2D eigenvalue weighted by Gasteiger charge is -2.40. The van der Waals surface area contributed by atoms with Gasteiger partial charge in [-0.25, -0.2) is 0 Å². The molecule has 5 nitrogen and oxygen atoms in total. The van der Waals surface area contributed by atoms with E-state index in [0.717, 1.165) is 11.1 Å². The Bertz CT molecular complexity index is 1130. The van der Waals surface area contributed by atoms with E-state index in [4.69, 9.17) is 25.5 Å². The van der Waals surface area contributed by atoms with Crippen LogP contribution in [-0.2, 0) is 31.9 Å². The second-order valence-electron chi connectivity index (χ2n) is 11.0. The highest BCUT2D eigenvalue weighted by molar-refractivity contribution is 6.74. The van der Waals surface area contributed by atoms with E-state index in [2.05, 4.69) is 33.9 Å². The average molecular weight is 555 g/mol. The first-order valence-corrected chi connectivity index (χ1v) is 16.2. The molecule has 0 heterocycles. The number of ketones is 1. The van der Waals surface area contributed by atoms with Crippen LogP contribution in [0.5, 0.6) is 0 Å². The third-order valence-corrected chi connectivity index (χ3v) is 11.7. The molecule has 0 spiro atoms. The first kappa shape index (κ1) is 30.2. The number of carbonyl (C=O) groups excluding carboxylic acids is 1. The molecule has 0 aliphatic carbocycles. The van der Waals surface area contributed by atoms with E-state index in [9.17, 15) is 9.90 Å². The first-order chi connectivity index (χ1) is 18.0. The van der Waals surface area contributed by atoms with Crippen molar-refractivity contribution in [2.24, 2.45) is 0 Å². The number of benzene rings is 3. The highest BCUT2D eigenvalue weighted by Crippen LogP contribution is 2.39. The van der Waals surface area contributed by atoms with Crippen LogP contribution in [0, 0.1) is 0 Å². The smallest absolute Gasteiger partial charge is 0.194 e. The van der Waals surface area contributed by atoms with E-state index < -0.39 is 26.6 Å². The Morgan fingerprint density at radius 3 is 1.92 bits per heavy atom. The molecular formula is C31H39ClO5Si. The lowest BCUT2D eigenvalue weighted by atomic mass is 9.99. The molecule has 38 heavy (non-hydrogen) atoms. The van der Waals surface area contributed by atoms with Crippen LogP contribution in [-0.4, -0.2) is 38.0 Å². The van der Waals surface area contributed by atoms with E-state index in [1.165, 1.54) is 0 Å². The summed E-state index contributed by atoms with van der Waals surface area (Å²) < 4.78 is 18.7. The second kappa shape index (κ2) is 13.6. The van der Waals surface area contributed by atoms with Crippen LogP contribution < -0.4 is 0 Å². The largest absolute Gasteiger partial charge is 0.404 e. The number of carbonyl (C=O) groups is 1. The summed E-state index contributed by atoms with van der Waals surface area (Å²) in [5, 5.41) is 11.8. The third kappa shape index (κ3) is 8.60. The number of halogens is 1. The van der Waals surface area contributed by atoms with E-state index in [1.54, 1.807) is 24.3 Å². The maximum Gasteiger partial charge on any atom is 0.194 e. The molecule has 3 aromatic carbocycles. The average Bonchev–Trinajstić information content (AvgIpc) is 2.89. The predicted octanol–water partition coefficient (Wildman–Crippen LogP) is 7.14. The molecule has 3 aromatic rings. The summed E-state index contributed by atoms with van der Waals surface area (Å²) in [6.07, 6.45) is -3.25. The zero-order valence-corrected chi connectivity index (χ0v) is 24.7. The third-order valence-electron chi connectivity index (χ3n) is 7.00. The van der Waals surface area contributed by atoms with Gasteiger partial charge in [-0.1, -0.05) is 105 Å². The van der Waals surface area contributed by atoms with Crippen LogP contribution in [0.25, 0.3) is 0 Å². The summed E-state index contributed by atoms with van der Waals surface area (Å²) in [6.45, 7) is 11.0. The van der Waals surface area contributed by atoms with Gasteiger partial charge in [0.05, 0.1) is 19.8 Å². The molecule has 0 saturated heterocycles. The van der Waals surface area contributed by atoms with Gasteiger partial charge < -0.3 is 19.0 Å². The van der Waals surface area contributed by atoms with Crippen molar-refractivity contribution in [1.82, 2.24) is 0 Å². The normalized spacial score (nSPS) is 14.6. The number of aliphatic hydroxyl groups is 1. The Morgan fingerprint density at radius 2 is 1.39 bits per heavy atom. The first-order valence-electron chi connectivity index (χ1n) is 12.9. The lowest BCUT2D eigenvalue weighted by Crippen LogP contribution is -2.51. The van der Waals surface area contributed by atoms with E-state index in [1.807, 2.05) is 60.7 Å². The minimum atomic E-state index is -2.46. The molecule has 7 heteroatoms. The fourth-order valence-electron chi connectivity index (χ4n) is 3.63. The van der Waals surface area contributed by atoms with E-state index in [0.29, 0.717) is 17.2 Å².